The van der Waals surface area contributed by atoms with Crippen molar-refractivity contribution in [3.63, 3.8) is 0 Å². The van der Waals surface area contributed by atoms with Crippen molar-refractivity contribution in [2.24, 2.45) is 0 Å². The zero-order valence-corrected chi connectivity index (χ0v) is 30.0. The predicted molar refractivity (Wildman–Crippen MR) is 188 cm³/mol. The number of phosphoric acid groups is 1. The monoisotopic (exact) mass is 639 g/mol. The molecule has 0 amide bonds. The van der Waals surface area contributed by atoms with Crippen LogP contribution in [0.4, 0.5) is 0 Å². The van der Waals surface area contributed by atoms with E-state index in [-0.39, 0.29) is 5.48 Å². The molecule has 0 heterocycles. The van der Waals surface area contributed by atoms with Gasteiger partial charge in [0.1, 0.15) is 0 Å². The zero-order valence-electron chi connectivity index (χ0n) is 29.1. The molecule has 0 radical (unpaired) electrons. The lowest BCUT2D eigenvalue weighted by atomic mass is 10.0. The van der Waals surface area contributed by atoms with E-state index in [2.05, 4.69) is 13.8 Å². The molecule has 0 aliphatic heterocycles. The van der Waals surface area contributed by atoms with E-state index in [0.29, 0.717) is 0 Å². The van der Waals surface area contributed by atoms with E-state index in [4.69, 9.17) is 24.0 Å². The third-order valence-electron chi connectivity index (χ3n) is 8.28. The first kappa shape index (κ1) is 47.4. The topological polar surface area (TPSA) is 118 Å². The Labute approximate surface area is 269 Å². The standard InChI is InChI=1S/C36H74O.H3O4P.H2O/c1-3-5-7-9-11-13-15-17-19-21-23-25-27-29-31-33-35-37-36-34-32-30-28-26-24-22-20-18-16-14-12-10-8-6-4-2;1-5(2,3)4;/h3-36H2,1-2H3;(H3,1,2,3,4);1H2. The second-order valence-electron chi connectivity index (χ2n) is 12.7. The van der Waals surface area contributed by atoms with E-state index < -0.39 is 7.82 Å². The number of hydrogen-bond donors (Lipinski definition) is 3. The molecule has 0 fully saturated rings. The van der Waals surface area contributed by atoms with Crippen LogP contribution in [-0.2, 0) is 9.30 Å². The van der Waals surface area contributed by atoms with E-state index >= 15 is 0 Å². The minimum atomic E-state index is -4.64. The van der Waals surface area contributed by atoms with Gasteiger partial charge in [-0.15, -0.1) is 0 Å². The maximum Gasteiger partial charge on any atom is 0.466 e. The molecule has 0 bridgehead atoms. The van der Waals surface area contributed by atoms with Crippen LogP contribution in [0.15, 0.2) is 0 Å². The Morgan fingerprint density at radius 2 is 0.488 bits per heavy atom. The number of unbranched alkanes of at least 4 members (excludes halogenated alkanes) is 30. The van der Waals surface area contributed by atoms with Gasteiger partial charge in [-0.25, -0.2) is 4.57 Å². The Morgan fingerprint density at radius 1 is 0.349 bits per heavy atom. The lowest BCUT2D eigenvalue weighted by molar-refractivity contribution is 0.125. The first-order valence-electron chi connectivity index (χ1n) is 18.8. The van der Waals surface area contributed by atoms with Gasteiger partial charge < -0.3 is 24.9 Å². The molecule has 0 saturated heterocycles. The minimum Gasteiger partial charge on any atom is -0.412 e. The largest absolute Gasteiger partial charge is 0.466 e. The molecule has 43 heavy (non-hydrogen) atoms. The average molecular weight is 639 g/mol. The van der Waals surface area contributed by atoms with E-state index in [1.807, 2.05) is 0 Å². The fraction of sp³-hybridized carbons (Fsp3) is 1.00. The third kappa shape index (κ3) is 58.2. The normalized spacial score (nSPS) is 11.3. The molecule has 0 spiro atoms. The third-order valence-corrected chi connectivity index (χ3v) is 8.28. The molecule has 0 aromatic carbocycles. The van der Waals surface area contributed by atoms with Gasteiger partial charge in [0, 0.05) is 13.2 Å². The molecule has 0 atom stereocenters. The van der Waals surface area contributed by atoms with Crippen LogP contribution >= 0.6 is 7.82 Å². The zero-order chi connectivity index (χ0) is 31.2. The lowest BCUT2D eigenvalue weighted by Crippen LogP contribution is -1.97. The van der Waals surface area contributed by atoms with Gasteiger partial charge in [0.25, 0.3) is 0 Å². The van der Waals surface area contributed by atoms with Crippen LogP contribution in [-0.4, -0.2) is 33.4 Å². The molecule has 0 aromatic rings. The Bertz CT molecular complexity index is 472. The maximum absolute atomic E-state index is 8.88. The van der Waals surface area contributed by atoms with Crippen LogP contribution in [0.25, 0.3) is 0 Å². The quantitative estimate of drug-likeness (QED) is 0.0478. The first-order valence-corrected chi connectivity index (χ1v) is 20.3. The summed E-state index contributed by atoms with van der Waals surface area (Å²) in [4.78, 5) is 21.6. The summed E-state index contributed by atoms with van der Waals surface area (Å²) in [5.41, 5.74) is 0. The Morgan fingerprint density at radius 3 is 0.651 bits per heavy atom. The molecule has 5 N–H and O–H groups in total. The van der Waals surface area contributed by atoms with E-state index in [1.54, 1.807) is 0 Å². The van der Waals surface area contributed by atoms with E-state index in [9.17, 15) is 0 Å². The van der Waals surface area contributed by atoms with Gasteiger partial charge in [0.05, 0.1) is 0 Å². The van der Waals surface area contributed by atoms with Crippen LogP contribution in [0.3, 0.4) is 0 Å². The van der Waals surface area contributed by atoms with Gasteiger partial charge in [-0.05, 0) is 12.8 Å². The lowest BCUT2D eigenvalue weighted by Gasteiger charge is -2.06. The Balaban J connectivity index is -0.00000244. The molecule has 0 aromatic heterocycles. The summed E-state index contributed by atoms with van der Waals surface area (Å²) in [7, 11) is -4.64. The fourth-order valence-electron chi connectivity index (χ4n) is 5.61. The van der Waals surface area contributed by atoms with Crippen LogP contribution < -0.4 is 0 Å². The molecule has 0 aliphatic rings. The smallest absolute Gasteiger partial charge is 0.412 e. The number of hydrogen-bond acceptors (Lipinski definition) is 2. The Kier molecular flexibility index (Phi) is 46.4. The van der Waals surface area contributed by atoms with Crippen LogP contribution in [0.1, 0.15) is 219 Å². The van der Waals surface area contributed by atoms with Crippen molar-refractivity contribution in [1.82, 2.24) is 0 Å². The highest BCUT2D eigenvalue weighted by atomic mass is 31.2. The van der Waals surface area contributed by atoms with Gasteiger partial charge >= 0.3 is 7.82 Å². The summed E-state index contributed by atoms with van der Waals surface area (Å²) in [6.07, 6.45) is 46.0. The average Bonchev–Trinajstić information content (AvgIpc) is 2.94. The van der Waals surface area contributed by atoms with Crippen molar-refractivity contribution in [1.29, 1.82) is 0 Å². The summed E-state index contributed by atoms with van der Waals surface area (Å²) in [6.45, 7) is 6.60. The van der Waals surface area contributed by atoms with Gasteiger partial charge in [0.2, 0.25) is 0 Å². The molecule has 7 heteroatoms. The summed E-state index contributed by atoms with van der Waals surface area (Å²) in [6, 6.07) is 0. The summed E-state index contributed by atoms with van der Waals surface area (Å²) in [5.74, 6) is 0. The molecule has 0 rings (SSSR count). The molecule has 6 nitrogen and oxygen atoms in total. The highest BCUT2D eigenvalue weighted by Gasteiger charge is 2.00. The second kappa shape index (κ2) is 42.0. The van der Waals surface area contributed by atoms with Gasteiger partial charge in [-0.3, -0.25) is 0 Å². The van der Waals surface area contributed by atoms with Crippen molar-refractivity contribution in [2.45, 2.75) is 219 Å². The molecule has 0 unspecified atom stereocenters. The highest BCUT2D eigenvalue weighted by molar-refractivity contribution is 7.45. The van der Waals surface area contributed by atoms with Crippen molar-refractivity contribution < 1.29 is 29.5 Å². The van der Waals surface area contributed by atoms with Crippen molar-refractivity contribution in [3.05, 3.63) is 0 Å². The first-order chi connectivity index (χ1) is 20.4. The predicted octanol–water partition coefficient (Wildman–Crippen LogP) is 11.8. The molecular weight excluding hydrogens is 559 g/mol. The van der Waals surface area contributed by atoms with Crippen molar-refractivity contribution >= 4 is 7.82 Å². The van der Waals surface area contributed by atoms with Crippen LogP contribution in [0, 0.1) is 0 Å². The molecule has 264 valence electrons. The van der Waals surface area contributed by atoms with Crippen molar-refractivity contribution in [3.8, 4) is 0 Å². The van der Waals surface area contributed by atoms with E-state index in [0.717, 1.165) is 13.2 Å². The molecular formula is C36H79O6P. The van der Waals surface area contributed by atoms with Gasteiger partial charge in [0.15, 0.2) is 0 Å². The van der Waals surface area contributed by atoms with Crippen LogP contribution in [0.5, 0.6) is 0 Å². The molecule has 0 saturated carbocycles. The highest BCUT2D eigenvalue weighted by Crippen LogP contribution is 2.25. The molecule has 0 aliphatic carbocycles. The maximum atomic E-state index is 8.88. The number of rotatable bonds is 34. The fourth-order valence-corrected chi connectivity index (χ4v) is 5.61. The Hall–Kier alpha value is 0.0300. The summed E-state index contributed by atoms with van der Waals surface area (Å²) >= 11 is 0. The SMILES string of the molecule is CCCCCCCCCCCCCCCCCCOCCCCCCCCCCCCCCCCCC.O.O=P(O)(O)O. The second-order valence-corrected chi connectivity index (χ2v) is 13.8. The summed E-state index contributed by atoms with van der Waals surface area (Å²) in [5, 5.41) is 0. The van der Waals surface area contributed by atoms with Gasteiger partial charge in [-0.1, -0.05) is 206 Å². The summed E-state index contributed by atoms with van der Waals surface area (Å²) < 4.78 is 14.8. The van der Waals surface area contributed by atoms with Crippen LogP contribution in [0.2, 0.25) is 0 Å². The van der Waals surface area contributed by atoms with Crippen molar-refractivity contribution in [2.75, 3.05) is 13.2 Å². The van der Waals surface area contributed by atoms with E-state index in [1.165, 1.54) is 205 Å². The number of ether oxygens (including phenoxy) is 1. The van der Waals surface area contributed by atoms with Gasteiger partial charge in [-0.2, -0.15) is 0 Å². The minimum absolute atomic E-state index is 0.